The molecule has 1 aliphatic rings. The minimum absolute atomic E-state index is 0.254. The highest BCUT2D eigenvalue weighted by atomic mass is 19.1. The van der Waals surface area contributed by atoms with E-state index < -0.39 is 6.10 Å². The molecule has 1 unspecified atom stereocenters. The number of para-hydroxylation sites is 1. The number of ether oxygens (including phenoxy) is 1. The first-order valence-corrected chi connectivity index (χ1v) is 4.82. The Morgan fingerprint density at radius 3 is 3.00 bits per heavy atom. The predicted octanol–water partition coefficient (Wildman–Crippen LogP) is 1.55. The fraction of sp³-hybridized carbons (Fsp3) is 0.364. The number of nitrogens with zero attached hydrogens (tertiary/aromatic N) is 2. The van der Waals surface area contributed by atoms with Crippen molar-refractivity contribution in [1.82, 2.24) is 0 Å². The lowest BCUT2D eigenvalue weighted by atomic mass is 10.2. The molecule has 0 N–H and O–H groups in total. The number of nitriles is 1. The van der Waals surface area contributed by atoms with Gasteiger partial charge in [0, 0.05) is 6.54 Å². The largest absolute Gasteiger partial charge is 0.363 e. The molecule has 78 valence electrons. The summed E-state index contributed by atoms with van der Waals surface area (Å²) in [5.74, 6) is -0.254. The standard InChI is InChI=1S/C11H11FN2O/c12-10-3-1-2-4-11(10)14-5-6-15-9(7-13)8-14/h1-4,9H,5-6,8H2. The predicted molar refractivity (Wildman–Crippen MR) is 54.0 cm³/mol. The van der Waals surface area contributed by atoms with Gasteiger partial charge in [0.05, 0.1) is 24.9 Å². The first kappa shape index (κ1) is 9.94. The number of morpholine rings is 1. The summed E-state index contributed by atoms with van der Waals surface area (Å²) in [5, 5.41) is 8.73. The van der Waals surface area contributed by atoms with Gasteiger partial charge in [-0.3, -0.25) is 0 Å². The third kappa shape index (κ3) is 2.08. The molecule has 15 heavy (non-hydrogen) atoms. The number of hydrogen-bond acceptors (Lipinski definition) is 3. The molecule has 0 radical (unpaired) electrons. The van der Waals surface area contributed by atoms with Crippen molar-refractivity contribution in [3.8, 4) is 6.07 Å². The Bertz CT molecular complexity index is 388. The van der Waals surface area contributed by atoms with Crippen molar-refractivity contribution >= 4 is 5.69 Å². The zero-order chi connectivity index (χ0) is 10.7. The summed E-state index contributed by atoms with van der Waals surface area (Å²) in [6, 6.07) is 8.62. The summed E-state index contributed by atoms with van der Waals surface area (Å²) in [4.78, 5) is 1.84. The van der Waals surface area contributed by atoms with E-state index in [1.807, 2.05) is 11.0 Å². The molecule has 0 amide bonds. The summed E-state index contributed by atoms with van der Waals surface area (Å²) >= 11 is 0. The maximum Gasteiger partial charge on any atom is 0.161 e. The summed E-state index contributed by atoms with van der Waals surface area (Å²) in [7, 11) is 0. The molecule has 0 aromatic heterocycles. The third-order valence-corrected chi connectivity index (χ3v) is 2.40. The zero-order valence-electron chi connectivity index (χ0n) is 8.19. The maximum atomic E-state index is 13.4. The van der Waals surface area contributed by atoms with E-state index in [0.29, 0.717) is 25.4 Å². The Hall–Kier alpha value is -1.60. The van der Waals surface area contributed by atoms with Crippen LogP contribution in [0.4, 0.5) is 10.1 Å². The van der Waals surface area contributed by atoms with Gasteiger partial charge in [-0.15, -0.1) is 0 Å². The van der Waals surface area contributed by atoms with Crippen molar-refractivity contribution in [2.45, 2.75) is 6.10 Å². The lowest BCUT2D eigenvalue weighted by Gasteiger charge is -2.31. The van der Waals surface area contributed by atoms with Crippen LogP contribution in [0.5, 0.6) is 0 Å². The van der Waals surface area contributed by atoms with Crippen molar-refractivity contribution in [2.24, 2.45) is 0 Å². The second-order valence-electron chi connectivity index (χ2n) is 3.39. The second-order valence-corrected chi connectivity index (χ2v) is 3.39. The van der Waals surface area contributed by atoms with E-state index in [-0.39, 0.29) is 5.82 Å². The Morgan fingerprint density at radius 1 is 1.47 bits per heavy atom. The maximum absolute atomic E-state index is 13.4. The smallest absolute Gasteiger partial charge is 0.161 e. The molecule has 1 atom stereocenters. The normalized spacial score (nSPS) is 21.1. The monoisotopic (exact) mass is 206 g/mol. The van der Waals surface area contributed by atoms with Gasteiger partial charge < -0.3 is 9.64 Å². The number of hydrogen-bond donors (Lipinski definition) is 0. The fourth-order valence-electron chi connectivity index (χ4n) is 1.65. The molecule has 1 saturated heterocycles. The summed E-state index contributed by atoms with van der Waals surface area (Å²) in [6.07, 6.45) is -0.460. The molecule has 1 heterocycles. The van der Waals surface area contributed by atoms with E-state index in [0.717, 1.165) is 0 Å². The Labute approximate surface area is 87.7 Å². The van der Waals surface area contributed by atoms with Crippen LogP contribution in [0.2, 0.25) is 0 Å². The molecule has 2 rings (SSSR count). The Balaban J connectivity index is 2.18. The molecule has 1 aromatic carbocycles. The van der Waals surface area contributed by atoms with Crippen molar-refractivity contribution in [3.05, 3.63) is 30.1 Å². The Kier molecular flexibility index (Phi) is 2.84. The molecular formula is C11H11FN2O. The van der Waals surface area contributed by atoms with E-state index >= 15 is 0 Å². The van der Waals surface area contributed by atoms with Gasteiger partial charge in [-0.05, 0) is 12.1 Å². The van der Waals surface area contributed by atoms with Crippen molar-refractivity contribution in [1.29, 1.82) is 5.26 Å². The van der Waals surface area contributed by atoms with Crippen LogP contribution in [0, 0.1) is 17.1 Å². The molecule has 0 bridgehead atoms. The highest BCUT2D eigenvalue weighted by molar-refractivity contribution is 5.48. The van der Waals surface area contributed by atoms with Gasteiger partial charge in [0.25, 0.3) is 0 Å². The molecule has 0 saturated carbocycles. The average Bonchev–Trinajstić information content (AvgIpc) is 2.30. The van der Waals surface area contributed by atoms with Crippen LogP contribution in [-0.2, 0) is 4.74 Å². The van der Waals surface area contributed by atoms with E-state index in [9.17, 15) is 4.39 Å². The Morgan fingerprint density at radius 2 is 2.27 bits per heavy atom. The quantitative estimate of drug-likeness (QED) is 0.699. The van der Waals surface area contributed by atoms with Crippen molar-refractivity contribution in [3.63, 3.8) is 0 Å². The summed E-state index contributed by atoms with van der Waals surface area (Å²) < 4.78 is 18.6. The number of halogens is 1. The number of benzene rings is 1. The third-order valence-electron chi connectivity index (χ3n) is 2.40. The molecular weight excluding hydrogens is 195 g/mol. The van der Waals surface area contributed by atoms with E-state index in [1.54, 1.807) is 18.2 Å². The van der Waals surface area contributed by atoms with Crippen LogP contribution >= 0.6 is 0 Å². The van der Waals surface area contributed by atoms with Gasteiger partial charge in [-0.2, -0.15) is 5.26 Å². The molecule has 3 nitrogen and oxygen atoms in total. The van der Waals surface area contributed by atoms with Crippen LogP contribution < -0.4 is 4.90 Å². The minimum atomic E-state index is -0.460. The van der Waals surface area contributed by atoms with Gasteiger partial charge in [0.1, 0.15) is 5.82 Å². The van der Waals surface area contributed by atoms with Crippen LogP contribution in [0.25, 0.3) is 0 Å². The summed E-state index contributed by atoms with van der Waals surface area (Å²) in [5.41, 5.74) is 0.543. The molecule has 0 aliphatic carbocycles. The highest BCUT2D eigenvalue weighted by Crippen LogP contribution is 2.20. The minimum Gasteiger partial charge on any atom is -0.363 e. The topological polar surface area (TPSA) is 36.3 Å². The summed E-state index contributed by atoms with van der Waals surface area (Å²) in [6.45, 7) is 1.52. The van der Waals surface area contributed by atoms with Gasteiger partial charge in [0.2, 0.25) is 0 Å². The zero-order valence-corrected chi connectivity index (χ0v) is 8.19. The van der Waals surface area contributed by atoms with Gasteiger partial charge in [0.15, 0.2) is 6.10 Å². The lowest BCUT2D eigenvalue weighted by Crippen LogP contribution is -2.42. The van der Waals surface area contributed by atoms with Crippen molar-refractivity contribution in [2.75, 3.05) is 24.6 Å². The second kappa shape index (κ2) is 4.28. The van der Waals surface area contributed by atoms with Crippen LogP contribution in [0.15, 0.2) is 24.3 Å². The van der Waals surface area contributed by atoms with Crippen LogP contribution in [0.1, 0.15) is 0 Å². The number of anilines is 1. The molecule has 4 heteroatoms. The SMILES string of the molecule is N#CC1CN(c2ccccc2F)CCO1. The van der Waals surface area contributed by atoms with Crippen LogP contribution in [0.3, 0.4) is 0 Å². The van der Waals surface area contributed by atoms with E-state index in [2.05, 4.69) is 0 Å². The van der Waals surface area contributed by atoms with Crippen LogP contribution in [-0.4, -0.2) is 25.8 Å². The molecule has 1 aliphatic heterocycles. The van der Waals surface area contributed by atoms with Gasteiger partial charge >= 0.3 is 0 Å². The first-order valence-electron chi connectivity index (χ1n) is 4.82. The molecule has 0 spiro atoms. The van der Waals surface area contributed by atoms with Gasteiger partial charge in [-0.25, -0.2) is 4.39 Å². The van der Waals surface area contributed by atoms with E-state index in [1.165, 1.54) is 6.07 Å². The number of rotatable bonds is 1. The first-order chi connectivity index (χ1) is 7.31. The van der Waals surface area contributed by atoms with E-state index in [4.69, 9.17) is 10.00 Å². The van der Waals surface area contributed by atoms with Crippen molar-refractivity contribution < 1.29 is 9.13 Å². The van der Waals surface area contributed by atoms with Gasteiger partial charge in [-0.1, -0.05) is 12.1 Å². The molecule has 1 aromatic rings. The average molecular weight is 206 g/mol. The highest BCUT2D eigenvalue weighted by Gasteiger charge is 2.21. The fourth-order valence-corrected chi connectivity index (χ4v) is 1.65. The molecule has 1 fully saturated rings. The lowest BCUT2D eigenvalue weighted by molar-refractivity contribution is 0.0762.